The maximum Gasteiger partial charge on any atom is 0.222 e. The molecule has 0 saturated carbocycles. The first-order valence-corrected chi connectivity index (χ1v) is 8.29. The fourth-order valence-electron chi connectivity index (χ4n) is 2.51. The van der Waals surface area contributed by atoms with E-state index in [4.69, 9.17) is 4.74 Å². The zero-order valence-corrected chi connectivity index (χ0v) is 13.1. The van der Waals surface area contributed by atoms with Gasteiger partial charge in [0.15, 0.2) is 0 Å². The Morgan fingerprint density at radius 3 is 3.14 bits per heavy atom. The molecule has 1 amide bonds. The number of amides is 1. The molecule has 2 unspecified atom stereocenters. The van der Waals surface area contributed by atoms with E-state index >= 15 is 0 Å². The number of ether oxygens (including phenoxy) is 1. The maximum absolute atomic E-state index is 11.9. The van der Waals surface area contributed by atoms with Crippen molar-refractivity contribution in [3.63, 3.8) is 0 Å². The third-order valence-corrected chi connectivity index (χ3v) is 4.90. The minimum atomic E-state index is -0.674. The zero-order chi connectivity index (χ0) is 15.4. The molecule has 1 aliphatic heterocycles. The predicted octanol–water partition coefficient (Wildman–Crippen LogP) is 1.43. The van der Waals surface area contributed by atoms with E-state index in [2.05, 4.69) is 10.6 Å². The summed E-state index contributed by atoms with van der Waals surface area (Å²) in [6.45, 7) is 2.41. The summed E-state index contributed by atoms with van der Waals surface area (Å²) in [5.41, 5.74) is 0. The minimum absolute atomic E-state index is 0.0739. The average Bonchev–Trinajstić information content (AvgIpc) is 2.98. The third-order valence-electron chi connectivity index (χ3n) is 3.68. The first kappa shape index (κ1) is 15.4. The van der Waals surface area contributed by atoms with E-state index in [1.165, 1.54) is 0 Å². The van der Waals surface area contributed by atoms with Crippen molar-refractivity contribution < 1.29 is 14.6 Å². The van der Waals surface area contributed by atoms with Gasteiger partial charge in [0.05, 0.1) is 19.1 Å². The van der Waals surface area contributed by atoms with Crippen LogP contribution in [0.3, 0.4) is 0 Å². The van der Waals surface area contributed by atoms with Gasteiger partial charge in [0.1, 0.15) is 6.10 Å². The second-order valence-electron chi connectivity index (χ2n) is 5.41. The Morgan fingerprint density at radius 2 is 2.36 bits per heavy atom. The molecule has 3 N–H and O–H groups in total. The van der Waals surface area contributed by atoms with Crippen LogP contribution < -0.4 is 10.6 Å². The van der Waals surface area contributed by atoms with Crippen molar-refractivity contribution in [1.82, 2.24) is 10.6 Å². The molecule has 6 heteroatoms. The smallest absolute Gasteiger partial charge is 0.222 e. The van der Waals surface area contributed by atoms with Crippen LogP contribution in [-0.4, -0.2) is 43.4 Å². The molecule has 2 heterocycles. The van der Waals surface area contributed by atoms with Gasteiger partial charge in [-0.05, 0) is 17.5 Å². The SMILES string of the molecule is O=C(CC1CNCCO1)NCC(O)c1cc2ccccc2s1. The van der Waals surface area contributed by atoms with Gasteiger partial charge in [-0.15, -0.1) is 11.3 Å². The molecule has 1 saturated heterocycles. The summed E-state index contributed by atoms with van der Waals surface area (Å²) in [5, 5.41) is 17.3. The Bertz CT molecular complexity index is 604. The minimum Gasteiger partial charge on any atom is -0.386 e. The molecule has 5 nitrogen and oxygen atoms in total. The lowest BCUT2D eigenvalue weighted by Gasteiger charge is -2.23. The van der Waals surface area contributed by atoms with E-state index < -0.39 is 6.10 Å². The summed E-state index contributed by atoms with van der Waals surface area (Å²) < 4.78 is 6.64. The standard InChI is InChI=1S/C16H20N2O3S/c19-13(15-7-11-3-1-2-4-14(11)22-15)10-18-16(20)8-12-9-17-5-6-21-12/h1-4,7,12-13,17,19H,5-6,8-10H2,(H,18,20). The predicted molar refractivity (Wildman–Crippen MR) is 87.0 cm³/mol. The Balaban J connectivity index is 1.50. The van der Waals surface area contributed by atoms with Gasteiger partial charge in [-0.25, -0.2) is 0 Å². The van der Waals surface area contributed by atoms with Crippen molar-refractivity contribution in [2.24, 2.45) is 0 Å². The highest BCUT2D eigenvalue weighted by molar-refractivity contribution is 7.19. The molecule has 1 aromatic heterocycles. The van der Waals surface area contributed by atoms with Crippen LogP contribution in [0.2, 0.25) is 0 Å². The molecule has 3 rings (SSSR count). The van der Waals surface area contributed by atoms with E-state index in [-0.39, 0.29) is 18.6 Å². The molecule has 22 heavy (non-hydrogen) atoms. The first-order chi connectivity index (χ1) is 10.7. The van der Waals surface area contributed by atoms with Gasteiger partial charge < -0.3 is 20.5 Å². The van der Waals surface area contributed by atoms with Gasteiger partial charge in [-0.2, -0.15) is 0 Å². The van der Waals surface area contributed by atoms with E-state index in [1.54, 1.807) is 11.3 Å². The Hall–Kier alpha value is -1.47. The average molecular weight is 320 g/mol. The number of benzene rings is 1. The van der Waals surface area contributed by atoms with E-state index in [9.17, 15) is 9.90 Å². The highest BCUT2D eigenvalue weighted by atomic mass is 32.1. The summed E-state index contributed by atoms with van der Waals surface area (Å²) in [7, 11) is 0. The molecule has 118 valence electrons. The number of hydrogen-bond acceptors (Lipinski definition) is 5. The largest absolute Gasteiger partial charge is 0.386 e. The number of aliphatic hydroxyl groups is 1. The number of rotatable bonds is 5. The van der Waals surface area contributed by atoms with Crippen LogP contribution in [0.1, 0.15) is 17.4 Å². The van der Waals surface area contributed by atoms with Crippen molar-refractivity contribution in [3.8, 4) is 0 Å². The molecule has 0 radical (unpaired) electrons. The van der Waals surface area contributed by atoms with Gasteiger partial charge in [-0.3, -0.25) is 4.79 Å². The van der Waals surface area contributed by atoms with Crippen LogP contribution in [-0.2, 0) is 9.53 Å². The van der Waals surface area contributed by atoms with Gasteiger partial charge >= 0.3 is 0 Å². The summed E-state index contributed by atoms with van der Waals surface area (Å²) in [5.74, 6) is -0.0890. The molecule has 0 spiro atoms. The van der Waals surface area contributed by atoms with Crippen LogP contribution in [0.25, 0.3) is 10.1 Å². The van der Waals surface area contributed by atoms with Gasteiger partial charge in [0.25, 0.3) is 0 Å². The van der Waals surface area contributed by atoms with Gasteiger partial charge in [0, 0.05) is 29.2 Å². The van der Waals surface area contributed by atoms with Crippen LogP contribution in [0, 0.1) is 0 Å². The van der Waals surface area contributed by atoms with Crippen LogP contribution in [0.4, 0.5) is 0 Å². The van der Waals surface area contributed by atoms with Crippen molar-refractivity contribution >= 4 is 27.3 Å². The number of morpholine rings is 1. The first-order valence-electron chi connectivity index (χ1n) is 7.48. The van der Waals surface area contributed by atoms with Crippen LogP contribution >= 0.6 is 11.3 Å². The van der Waals surface area contributed by atoms with E-state index in [0.717, 1.165) is 21.5 Å². The molecular formula is C16H20N2O3S. The lowest BCUT2D eigenvalue weighted by Crippen LogP contribution is -2.41. The Labute approximate surface area is 133 Å². The summed E-state index contributed by atoms with van der Waals surface area (Å²) in [4.78, 5) is 12.8. The molecule has 1 fully saturated rings. The van der Waals surface area contributed by atoms with E-state index in [1.807, 2.05) is 30.3 Å². The molecule has 0 bridgehead atoms. The van der Waals surface area contributed by atoms with Crippen LogP contribution in [0.15, 0.2) is 30.3 Å². The number of carbonyl (C=O) groups is 1. The number of fused-ring (bicyclic) bond motifs is 1. The van der Waals surface area contributed by atoms with Crippen molar-refractivity contribution in [3.05, 3.63) is 35.2 Å². The molecule has 2 aromatic rings. The zero-order valence-electron chi connectivity index (χ0n) is 12.2. The summed E-state index contributed by atoms with van der Waals surface area (Å²) >= 11 is 1.56. The number of carbonyl (C=O) groups excluding carboxylic acids is 1. The fraction of sp³-hybridized carbons (Fsp3) is 0.438. The lowest BCUT2D eigenvalue weighted by molar-refractivity contribution is -0.124. The number of aliphatic hydroxyl groups excluding tert-OH is 1. The summed E-state index contributed by atoms with van der Waals surface area (Å²) in [6.07, 6.45) is -0.423. The highest BCUT2D eigenvalue weighted by Crippen LogP contribution is 2.29. The van der Waals surface area contributed by atoms with Gasteiger partial charge in [-0.1, -0.05) is 18.2 Å². The van der Waals surface area contributed by atoms with E-state index in [0.29, 0.717) is 19.6 Å². The molecule has 1 aromatic carbocycles. The summed E-state index contributed by atoms with van der Waals surface area (Å²) in [6, 6.07) is 9.99. The highest BCUT2D eigenvalue weighted by Gasteiger charge is 2.18. The number of nitrogens with one attached hydrogen (secondary N) is 2. The quantitative estimate of drug-likeness (QED) is 0.779. The monoisotopic (exact) mass is 320 g/mol. The van der Waals surface area contributed by atoms with Crippen molar-refractivity contribution in [2.75, 3.05) is 26.2 Å². The lowest BCUT2D eigenvalue weighted by atomic mass is 10.2. The number of thiophene rings is 1. The Morgan fingerprint density at radius 1 is 1.50 bits per heavy atom. The molecule has 0 aliphatic carbocycles. The molecule has 1 aliphatic rings. The maximum atomic E-state index is 11.9. The second-order valence-corrected chi connectivity index (χ2v) is 6.52. The van der Waals surface area contributed by atoms with Crippen molar-refractivity contribution in [1.29, 1.82) is 0 Å². The van der Waals surface area contributed by atoms with Crippen molar-refractivity contribution in [2.45, 2.75) is 18.6 Å². The molecule has 2 atom stereocenters. The number of hydrogen-bond donors (Lipinski definition) is 3. The van der Waals surface area contributed by atoms with Gasteiger partial charge in [0.2, 0.25) is 5.91 Å². The Kier molecular flexibility index (Phi) is 5.04. The normalized spacial score (nSPS) is 20.0. The third kappa shape index (κ3) is 3.84. The topological polar surface area (TPSA) is 70.6 Å². The van der Waals surface area contributed by atoms with Crippen LogP contribution in [0.5, 0.6) is 0 Å². The second kappa shape index (κ2) is 7.19. The molecular weight excluding hydrogens is 300 g/mol. The fourth-order valence-corrected chi connectivity index (χ4v) is 3.56.